The summed E-state index contributed by atoms with van der Waals surface area (Å²) in [5, 5.41) is 0. The molecule has 0 aliphatic rings. The Morgan fingerprint density at radius 2 is 1.81 bits per heavy atom. The molecule has 5 aromatic rings. The molecule has 0 aliphatic heterocycles. The lowest BCUT2D eigenvalue weighted by Crippen LogP contribution is -1.95. The van der Waals surface area contributed by atoms with Crippen LogP contribution in [0.15, 0.2) is 59.7 Å². The highest BCUT2D eigenvalue weighted by atomic mass is 19.2. The fourth-order valence-corrected chi connectivity index (χ4v) is 3.01. The number of aromatic nitrogens is 4. The normalized spacial score (nSPS) is 11.7. The molecule has 0 aliphatic carbocycles. The van der Waals surface area contributed by atoms with E-state index in [4.69, 9.17) is 4.42 Å². The van der Waals surface area contributed by atoms with Crippen molar-refractivity contribution in [2.45, 2.75) is 0 Å². The Kier molecular flexibility index (Phi) is 2.96. The van der Waals surface area contributed by atoms with E-state index in [0.29, 0.717) is 17.3 Å². The fourth-order valence-electron chi connectivity index (χ4n) is 3.01. The maximum Gasteiger partial charge on any atom is 0.306 e. The summed E-state index contributed by atoms with van der Waals surface area (Å²) < 4.78 is 50.1. The van der Waals surface area contributed by atoms with Gasteiger partial charge in [-0.05, 0) is 18.2 Å². The molecule has 0 unspecified atom stereocenters. The highest BCUT2D eigenvalue weighted by molar-refractivity contribution is 5.81. The number of oxazole rings is 1. The highest BCUT2D eigenvalue weighted by Crippen LogP contribution is 2.35. The van der Waals surface area contributed by atoms with E-state index in [1.165, 1.54) is 6.26 Å². The average molecular weight is 354 g/mol. The van der Waals surface area contributed by atoms with Gasteiger partial charge in [0.05, 0.1) is 5.69 Å². The molecule has 26 heavy (non-hydrogen) atoms. The molecule has 0 bridgehead atoms. The number of pyridine rings is 1. The van der Waals surface area contributed by atoms with E-state index < -0.39 is 17.5 Å². The molecular weight excluding hydrogens is 345 g/mol. The summed E-state index contributed by atoms with van der Waals surface area (Å²) in [4.78, 5) is 8.44. The molecule has 4 heterocycles. The quantitative estimate of drug-likeness (QED) is 0.444. The largest absolute Gasteiger partial charge is 0.432 e. The summed E-state index contributed by atoms with van der Waals surface area (Å²) in [6, 6.07) is 4.89. The van der Waals surface area contributed by atoms with Crippen molar-refractivity contribution >= 4 is 11.5 Å². The molecule has 0 saturated heterocycles. The minimum Gasteiger partial charge on any atom is -0.432 e. The molecule has 5 nitrogen and oxygen atoms in total. The lowest BCUT2D eigenvalue weighted by Gasteiger charge is -2.07. The number of hydrogen-bond donors (Lipinski definition) is 0. The Hall–Kier alpha value is -3.55. The number of fused-ring (bicyclic) bond motifs is 2. The fraction of sp³-hybridized carbons (Fsp3) is 0. The third-order valence-corrected chi connectivity index (χ3v) is 4.19. The van der Waals surface area contributed by atoms with Crippen LogP contribution in [-0.2, 0) is 0 Å². The van der Waals surface area contributed by atoms with Gasteiger partial charge in [-0.15, -0.1) is 0 Å². The second-order valence-corrected chi connectivity index (χ2v) is 5.72. The zero-order valence-electron chi connectivity index (χ0n) is 13.0. The molecule has 1 aromatic carbocycles. The van der Waals surface area contributed by atoms with Gasteiger partial charge in [0.2, 0.25) is 0 Å². The van der Waals surface area contributed by atoms with E-state index >= 15 is 0 Å². The number of benzene rings is 1. The molecule has 0 spiro atoms. The molecule has 0 radical (unpaired) electrons. The van der Waals surface area contributed by atoms with Crippen LogP contribution in [0, 0.1) is 17.5 Å². The molecular formula is C18H9F3N4O. The van der Waals surface area contributed by atoms with Gasteiger partial charge in [-0.1, -0.05) is 0 Å². The number of halogens is 3. The minimum absolute atomic E-state index is 0.150. The van der Waals surface area contributed by atoms with E-state index in [0.717, 1.165) is 11.7 Å². The molecule has 5 rings (SSSR count). The maximum atomic E-state index is 14.3. The molecule has 0 amide bonds. The van der Waals surface area contributed by atoms with E-state index in [9.17, 15) is 13.2 Å². The van der Waals surface area contributed by atoms with Crippen molar-refractivity contribution in [1.82, 2.24) is 18.8 Å². The van der Waals surface area contributed by atoms with E-state index in [2.05, 4.69) is 9.97 Å². The predicted molar refractivity (Wildman–Crippen MR) is 87.0 cm³/mol. The van der Waals surface area contributed by atoms with Crippen LogP contribution >= 0.6 is 0 Å². The summed E-state index contributed by atoms with van der Waals surface area (Å²) in [5.41, 5.74) is 1.92. The molecule has 8 heteroatoms. The van der Waals surface area contributed by atoms with Crippen LogP contribution in [-0.4, -0.2) is 18.8 Å². The number of hydrogen-bond acceptors (Lipinski definition) is 3. The standard InChI is InChI=1S/C18H9F3N4O/c19-12-8-14(21)13(20)7-11(12)16-17(25-5-6-26-18(25)23-16)10-1-2-15-22-3-4-24(15)9-10/h1-9H. The Labute approximate surface area is 144 Å². The average Bonchev–Trinajstić information content (AvgIpc) is 3.32. The number of rotatable bonds is 2. The Morgan fingerprint density at radius 1 is 0.962 bits per heavy atom. The maximum absolute atomic E-state index is 14.3. The van der Waals surface area contributed by atoms with Gasteiger partial charge in [0.25, 0.3) is 0 Å². The van der Waals surface area contributed by atoms with Crippen molar-refractivity contribution in [3.8, 4) is 22.5 Å². The zero-order valence-corrected chi connectivity index (χ0v) is 13.0. The summed E-state index contributed by atoms with van der Waals surface area (Å²) in [7, 11) is 0. The molecule has 4 aromatic heterocycles. The predicted octanol–water partition coefficient (Wildman–Crippen LogP) is 4.33. The second-order valence-electron chi connectivity index (χ2n) is 5.72. The Morgan fingerprint density at radius 3 is 2.69 bits per heavy atom. The van der Waals surface area contributed by atoms with Crippen LogP contribution in [0.5, 0.6) is 0 Å². The van der Waals surface area contributed by atoms with Crippen LogP contribution in [0.3, 0.4) is 0 Å². The number of nitrogens with zero attached hydrogens (tertiary/aromatic N) is 4. The van der Waals surface area contributed by atoms with Crippen LogP contribution in [0.2, 0.25) is 0 Å². The van der Waals surface area contributed by atoms with Crippen LogP contribution in [0.4, 0.5) is 13.2 Å². The van der Waals surface area contributed by atoms with Gasteiger partial charge in [0, 0.05) is 42.0 Å². The van der Waals surface area contributed by atoms with Crippen LogP contribution in [0.25, 0.3) is 34.0 Å². The summed E-state index contributed by atoms with van der Waals surface area (Å²) in [6.07, 6.45) is 8.27. The molecule has 0 atom stereocenters. The molecule has 0 N–H and O–H groups in total. The van der Waals surface area contributed by atoms with Gasteiger partial charge in [-0.2, -0.15) is 4.98 Å². The van der Waals surface area contributed by atoms with E-state index in [-0.39, 0.29) is 17.1 Å². The van der Waals surface area contributed by atoms with Crippen molar-refractivity contribution in [1.29, 1.82) is 0 Å². The smallest absolute Gasteiger partial charge is 0.306 e. The third-order valence-electron chi connectivity index (χ3n) is 4.19. The minimum atomic E-state index is -1.25. The second kappa shape index (κ2) is 5.22. The first-order valence-electron chi connectivity index (χ1n) is 7.65. The highest BCUT2D eigenvalue weighted by Gasteiger charge is 2.22. The first-order valence-corrected chi connectivity index (χ1v) is 7.65. The third kappa shape index (κ3) is 2.05. The Balaban J connectivity index is 1.83. The molecule has 128 valence electrons. The van der Waals surface area contributed by atoms with Crippen LogP contribution < -0.4 is 0 Å². The SMILES string of the molecule is Fc1cc(F)c(-c2nc3occn3c2-c2ccc3nccn3c2)cc1F. The van der Waals surface area contributed by atoms with Gasteiger partial charge in [-0.3, -0.25) is 4.40 Å². The lowest BCUT2D eigenvalue weighted by atomic mass is 10.1. The van der Waals surface area contributed by atoms with Gasteiger partial charge in [0.15, 0.2) is 11.6 Å². The molecule has 0 saturated carbocycles. The van der Waals surface area contributed by atoms with Gasteiger partial charge >= 0.3 is 5.84 Å². The lowest BCUT2D eigenvalue weighted by molar-refractivity contribution is 0.496. The van der Waals surface area contributed by atoms with Crippen molar-refractivity contribution < 1.29 is 17.6 Å². The van der Waals surface area contributed by atoms with Crippen molar-refractivity contribution in [3.05, 3.63) is 72.8 Å². The monoisotopic (exact) mass is 354 g/mol. The first-order chi connectivity index (χ1) is 12.6. The summed E-state index contributed by atoms with van der Waals surface area (Å²) >= 11 is 0. The van der Waals surface area contributed by atoms with Gasteiger partial charge < -0.3 is 8.82 Å². The number of imidazole rings is 2. The topological polar surface area (TPSA) is 47.7 Å². The summed E-state index contributed by atoms with van der Waals surface area (Å²) in [5.74, 6) is -3.10. The van der Waals surface area contributed by atoms with Crippen LogP contribution in [0.1, 0.15) is 0 Å². The first kappa shape index (κ1) is 14.8. The van der Waals surface area contributed by atoms with Gasteiger partial charge in [-0.25, -0.2) is 18.2 Å². The van der Waals surface area contributed by atoms with Crippen molar-refractivity contribution in [3.63, 3.8) is 0 Å². The summed E-state index contributed by atoms with van der Waals surface area (Å²) in [6.45, 7) is 0. The zero-order chi connectivity index (χ0) is 17.8. The van der Waals surface area contributed by atoms with Crippen molar-refractivity contribution in [2.75, 3.05) is 0 Å². The van der Waals surface area contributed by atoms with E-state index in [1.807, 2.05) is 0 Å². The van der Waals surface area contributed by atoms with Gasteiger partial charge in [0.1, 0.15) is 23.4 Å². The van der Waals surface area contributed by atoms with Crippen molar-refractivity contribution in [2.24, 2.45) is 0 Å². The Bertz CT molecular complexity index is 1280. The molecule has 0 fully saturated rings. The van der Waals surface area contributed by atoms with E-state index in [1.54, 1.807) is 45.7 Å².